The van der Waals surface area contributed by atoms with Gasteiger partial charge in [0.2, 0.25) is 0 Å². The van der Waals surface area contributed by atoms with Gasteiger partial charge >= 0.3 is 5.97 Å². The predicted octanol–water partition coefficient (Wildman–Crippen LogP) is 15.0. The normalized spacial score (nSPS) is 13.0. The Balaban J connectivity index is 3.50. The van der Waals surface area contributed by atoms with Gasteiger partial charge in [0, 0.05) is 13.0 Å². The molecule has 0 amide bonds. The topological polar surface area (TPSA) is 55.8 Å². The average Bonchev–Trinajstić information content (AvgIpc) is 3.16. The van der Waals surface area contributed by atoms with Crippen molar-refractivity contribution in [1.82, 2.24) is 0 Å². The molecule has 53 heavy (non-hydrogen) atoms. The zero-order chi connectivity index (χ0) is 38.4. The predicted molar refractivity (Wildman–Crippen MR) is 232 cm³/mol. The van der Waals surface area contributed by atoms with Crippen molar-refractivity contribution in [2.45, 2.75) is 213 Å². The number of esters is 1. The highest BCUT2D eigenvalue weighted by atomic mass is 16.6. The Bertz CT molecular complexity index is 911. The zero-order valence-corrected chi connectivity index (χ0v) is 35.0. The van der Waals surface area contributed by atoms with E-state index in [1.807, 2.05) is 0 Å². The minimum Gasteiger partial charge on any atom is -0.457 e. The quantitative estimate of drug-likeness (QED) is 0.0385. The van der Waals surface area contributed by atoms with Gasteiger partial charge in [-0.05, 0) is 64.2 Å². The number of rotatable bonds is 41. The first-order valence-corrected chi connectivity index (χ1v) is 22.5. The van der Waals surface area contributed by atoms with Crippen molar-refractivity contribution in [3.8, 4) is 0 Å². The molecular formula is C49H86O4. The van der Waals surface area contributed by atoms with Crippen molar-refractivity contribution in [2.75, 3.05) is 19.8 Å². The van der Waals surface area contributed by atoms with Crippen LogP contribution in [0.4, 0.5) is 0 Å². The Morgan fingerprint density at radius 1 is 0.472 bits per heavy atom. The van der Waals surface area contributed by atoms with Crippen molar-refractivity contribution in [3.63, 3.8) is 0 Å². The Kier molecular flexibility index (Phi) is 44.1. The number of carbonyl (C=O) groups is 1. The molecule has 0 aliphatic carbocycles. The van der Waals surface area contributed by atoms with Gasteiger partial charge in [-0.25, -0.2) is 0 Å². The van der Waals surface area contributed by atoms with Crippen molar-refractivity contribution < 1.29 is 19.4 Å². The van der Waals surface area contributed by atoms with Crippen LogP contribution in [-0.2, 0) is 14.3 Å². The number of unbranched alkanes of at least 4 members (excludes halogenated alkanes) is 21. The van der Waals surface area contributed by atoms with Crippen molar-refractivity contribution >= 4 is 5.97 Å². The lowest BCUT2D eigenvalue weighted by Crippen LogP contribution is -2.27. The van der Waals surface area contributed by atoms with Gasteiger partial charge in [0.25, 0.3) is 0 Å². The van der Waals surface area contributed by atoms with Crippen LogP contribution in [0, 0.1) is 0 Å². The molecule has 0 aromatic carbocycles. The highest BCUT2D eigenvalue weighted by molar-refractivity contribution is 5.69. The van der Waals surface area contributed by atoms with Gasteiger partial charge in [-0.15, -0.1) is 0 Å². The molecule has 0 aromatic heterocycles. The molecule has 0 bridgehead atoms. The molecule has 0 saturated heterocycles. The molecule has 306 valence electrons. The lowest BCUT2D eigenvalue weighted by molar-refractivity contribution is -0.154. The molecule has 1 N–H and O–H groups in total. The van der Waals surface area contributed by atoms with E-state index in [0.717, 1.165) is 70.6 Å². The molecule has 0 aliphatic rings. The highest BCUT2D eigenvalue weighted by Gasteiger charge is 2.13. The van der Waals surface area contributed by atoms with Crippen LogP contribution >= 0.6 is 0 Å². The zero-order valence-electron chi connectivity index (χ0n) is 35.0. The SMILES string of the molecule is CC/C=C\C/C=C\C/C=C\C/C=C\C/C=C\C/C=C\CCCCCCCCC(=O)OC(CO)COCCCCCCCCCCCCCCCCCC. The Morgan fingerprint density at radius 2 is 0.849 bits per heavy atom. The summed E-state index contributed by atoms with van der Waals surface area (Å²) in [5.41, 5.74) is 0. The summed E-state index contributed by atoms with van der Waals surface area (Å²) in [5, 5.41) is 9.61. The van der Waals surface area contributed by atoms with Gasteiger partial charge in [0.05, 0.1) is 13.2 Å². The number of carbonyl (C=O) groups excluding carboxylic acids is 1. The van der Waals surface area contributed by atoms with Crippen LogP contribution in [0.25, 0.3) is 0 Å². The summed E-state index contributed by atoms with van der Waals surface area (Å²) in [5.74, 6) is -0.215. The molecule has 0 heterocycles. The van der Waals surface area contributed by atoms with E-state index in [2.05, 4.69) is 86.8 Å². The van der Waals surface area contributed by atoms with Crippen LogP contribution in [0.2, 0.25) is 0 Å². The second-order valence-electron chi connectivity index (χ2n) is 14.7. The van der Waals surface area contributed by atoms with E-state index < -0.39 is 6.10 Å². The molecular weight excluding hydrogens is 653 g/mol. The van der Waals surface area contributed by atoms with Crippen molar-refractivity contribution in [1.29, 1.82) is 0 Å². The fourth-order valence-corrected chi connectivity index (χ4v) is 6.21. The summed E-state index contributed by atoms with van der Waals surface area (Å²) >= 11 is 0. The average molecular weight is 739 g/mol. The van der Waals surface area contributed by atoms with Gasteiger partial charge in [0.15, 0.2) is 0 Å². The van der Waals surface area contributed by atoms with E-state index in [1.54, 1.807) is 0 Å². The highest BCUT2D eigenvalue weighted by Crippen LogP contribution is 2.14. The molecule has 0 saturated carbocycles. The maximum absolute atomic E-state index is 12.2. The molecule has 4 nitrogen and oxygen atoms in total. The molecule has 0 radical (unpaired) electrons. The number of allylic oxidation sites excluding steroid dienone is 12. The number of aliphatic hydroxyl groups excluding tert-OH is 1. The van der Waals surface area contributed by atoms with E-state index >= 15 is 0 Å². The monoisotopic (exact) mass is 739 g/mol. The third-order valence-corrected chi connectivity index (χ3v) is 9.55. The first kappa shape index (κ1) is 50.8. The minimum absolute atomic E-state index is 0.179. The molecule has 1 atom stereocenters. The van der Waals surface area contributed by atoms with E-state index in [1.165, 1.54) is 116 Å². The second kappa shape index (κ2) is 46.0. The molecule has 1 unspecified atom stereocenters. The van der Waals surface area contributed by atoms with Gasteiger partial charge in [-0.1, -0.05) is 209 Å². The van der Waals surface area contributed by atoms with E-state index in [0.29, 0.717) is 13.0 Å². The van der Waals surface area contributed by atoms with Crippen LogP contribution in [0.3, 0.4) is 0 Å². The van der Waals surface area contributed by atoms with Gasteiger partial charge in [-0.3, -0.25) is 4.79 Å². The molecule has 0 aliphatic heterocycles. The van der Waals surface area contributed by atoms with Crippen LogP contribution in [-0.4, -0.2) is 37.0 Å². The number of hydrogen-bond donors (Lipinski definition) is 1. The first-order chi connectivity index (χ1) is 26.2. The summed E-state index contributed by atoms with van der Waals surface area (Å²) in [6.07, 6.45) is 62.5. The fraction of sp³-hybridized carbons (Fsp3) is 0.735. The third kappa shape index (κ3) is 44.1. The van der Waals surface area contributed by atoms with E-state index in [9.17, 15) is 9.90 Å². The van der Waals surface area contributed by atoms with Gasteiger partial charge < -0.3 is 14.6 Å². The standard InChI is InChI=1S/C49H86O4/c1-3-5-7-9-11-13-15-17-19-21-22-23-24-25-26-27-28-29-30-32-34-36-38-40-42-44-49(51)53-48(46-50)47-52-45-43-41-39-37-35-33-31-20-18-16-14-12-10-8-6-4-2/h5,7,11,13,17,19,22-23,25-26,28-29,48,50H,3-4,6,8-10,12,14-16,18,20-21,24,27,30-47H2,1-2H3/b7-5-,13-11-,19-17-,23-22-,26-25-,29-28-. The molecule has 0 fully saturated rings. The fourth-order valence-electron chi connectivity index (χ4n) is 6.21. The molecule has 0 aromatic rings. The summed E-state index contributed by atoms with van der Waals surface area (Å²) in [7, 11) is 0. The van der Waals surface area contributed by atoms with Crippen LogP contribution < -0.4 is 0 Å². The first-order valence-electron chi connectivity index (χ1n) is 22.5. The Hall–Kier alpha value is -2.17. The minimum atomic E-state index is -0.544. The molecule has 4 heteroatoms. The summed E-state index contributed by atoms with van der Waals surface area (Å²) in [6.45, 7) is 5.23. The molecule has 0 rings (SSSR count). The van der Waals surface area contributed by atoms with Crippen molar-refractivity contribution in [2.24, 2.45) is 0 Å². The molecule has 0 spiro atoms. The summed E-state index contributed by atoms with van der Waals surface area (Å²) in [6, 6.07) is 0. The van der Waals surface area contributed by atoms with E-state index in [-0.39, 0.29) is 19.2 Å². The summed E-state index contributed by atoms with van der Waals surface area (Å²) < 4.78 is 11.2. The number of aliphatic hydroxyl groups is 1. The third-order valence-electron chi connectivity index (χ3n) is 9.55. The lowest BCUT2D eigenvalue weighted by atomic mass is 10.0. The van der Waals surface area contributed by atoms with Crippen LogP contribution in [0.15, 0.2) is 72.9 Å². The van der Waals surface area contributed by atoms with E-state index in [4.69, 9.17) is 9.47 Å². The van der Waals surface area contributed by atoms with Crippen LogP contribution in [0.5, 0.6) is 0 Å². The maximum Gasteiger partial charge on any atom is 0.306 e. The van der Waals surface area contributed by atoms with Gasteiger partial charge in [0.1, 0.15) is 6.10 Å². The Morgan fingerprint density at radius 3 is 1.28 bits per heavy atom. The van der Waals surface area contributed by atoms with Crippen LogP contribution in [0.1, 0.15) is 206 Å². The maximum atomic E-state index is 12.2. The summed E-state index contributed by atoms with van der Waals surface area (Å²) in [4.78, 5) is 12.2. The smallest absolute Gasteiger partial charge is 0.306 e. The second-order valence-corrected chi connectivity index (χ2v) is 14.7. The Labute approximate surface area is 329 Å². The largest absolute Gasteiger partial charge is 0.457 e. The van der Waals surface area contributed by atoms with Gasteiger partial charge in [-0.2, -0.15) is 0 Å². The number of hydrogen-bond acceptors (Lipinski definition) is 4. The lowest BCUT2D eigenvalue weighted by Gasteiger charge is -2.16. The van der Waals surface area contributed by atoms with Crippen molar-refractivity contribution in [3.05, 3.63) is 72.9 Å². The number of ether oxygens (including phenoxy) is 2.